The molecule has 2 aromatic carbocycles. The van der Waals surface area contributed by atoms with Crippen LogP contribution in [-0.2, 0) is 14.8 Å². The van der Waals surface area contributed by atoms with E-state index >= 15 is 0 Å². The number of sulfonamides is 1. The summed E-state index contributed by atoms with van der Waals surface area (Å²) in [6.45, 7) is 4.19. The molecule has 2 aliphatic heterocycles. The van der Waals surface area contributed by atoms with Crippen LogP contribution in [0.2, 0.25) is 0 Å². The number of carbonyl (C=O) groups excluding carboxylic acids is 2. The minimum absolute atomic E-state index is 0.113. The van der Waals surface area contributed by atoms with Gasteiger partial charge < -0.3 is 11.1 Å². The van der Waals surface area contributed by atoms with Crippen LogP contribution in [0.3, 0.4) is 0 Å². The zero-order valence-corrected chi connectivity index (χ0v) is 26.9. The molecule has 0 aromatic heterocycles. The van der Waals surface area contributed by atoms with E-state index in [1.807, 2.05) is 32.0 Å². The van der Waals surface area contributed by atoms with Crippen molar-refractivity contribution in [3.63, 3.8) is 0 Å². The van der Waals surface area contributed by atoms with Crippen LogP contribution in [0.5, 0.6) is 0 Å². The number of hydrogen-bond acceptors (Lipinski definition) is 5. The van der Waals surface area contributed by atoms with Gasteiger partial charge in [0, 0.05) is 37.7 Å². The van der Waals surface area contributed by atoms with Gasteiger partial charge in [-0.15, -0.1) is 0 Å². The number of allylic oxidation sites excluding steroid dienone is 1. The Hall–Kier alpha value is -3.76. The molecule has 9 nitrogen and oxygen atoms in total. The summed E-state index contributed by atoms with van der Waals surface area (Å²) in [6, 6.07) is 13.4. The average Bonchev–Trinajstić information content (AvgIpc) is 3.29. The number of carbonyl (C=O) groups is 2. The third-order valence-corrected chi connectivity index (χ3v) is 10.1. The number of rotatable bonds is 13. The topological polar surface area (TPSA) is 125 Å². The highest BCUT2D eigenvalue weighted by Gasteiger charge is 2.46. The average molecular weight is 620 g/mol. The van der Waals surface area contributed by atoms with E-state index in [2.05, 4.69) is 29.6 Å². The van der Waals surface area contributed by atoms with E-state index in [9.17, 15) is 18.0 Å². The summed E-state index contributed by atoms with van der Waals surface area (Å²) in [5.41, 5.74) is 8.82. The normalized spacial score (nSPS) is 17.0. The Morgan fingerprint density at radius 1 is 1.02 bits per heavy atom. The van der Waals surface area contributed by atoms with Gasteiger partial charge in [0.25, 0.3) is 5.91 Å². The maximum Gasteiger partial charge on any atom is 0.318 e. The Bertz CT molecular complexity index is 1500. The van der Waals surface area contributed by atoms with Gasteiger partial charge in [0.1, 0.15) is 11.4 Å². The Morgan fingerprint density at radius 2 is 1.66 bits per heavy atom. The second-order valence-corrected chi connectivity index (χ2v) is 13.6. The van der Waals surface area contributed by atoms with Crippen LogP contribution in [0.15, 0.2) is 58.9 Å². The molecule has 0 unspecified atom stereocenters. The van der Waals surface area contributed by atoms with Crippen molar-refractivity contribution in [3.05, 3.63) is 76.2 Å². The molecular weight excluding hydrogens is 574 g/mol. The maximum atomic E-state index is 13.2. The summed E-state index contributed by atoms with van der Waals surface area (Å²) in [6.07, 6.45) is 14.1. The van der Waals surface area contributed by atoms with Crippen LogP contribution in [0.1, 0.15) is 80.0 Å². The molecule has 1 spiro atoms. The molecule has 236 valence electrons. The number of piperidine rings is 1. The van der Waals surface area contributed by atoms with E-state index in [4.69, 9.17) is 10.7 Å². The van der Waals surface area contributed by atoms with Crippen LogP contribution >= 0.6 is 0 Å². The molecule has 3 N–H and O–H groups in total. The van der Waals surface area contributed by atoms with E-state index < -0.39 is 21.6 Å². The second-order valence-electron chi connectivity index (χ2n) is 11.8. The number of hydrogen-bond donors (Lipinski definition) is 2. The summed E-state index contributed by atoms with van der Waals surface area (Å²) in [7, 11) is -2.10. The Morgan fingerprint density at radius 3 is 2.32 bits per heavy atom. The van der Waals surface area contributed by atoms with E-state index in [1.165, 1.54) is 33.0 Å². The predicted octanol–water partition coefficient (Wildman–Crippen LogP) is 5.93. The fraction of sp³-hybridized carbons (Fsp3) is 0.441. The monoisotopic (exact) mass is 619 g/mol. The molecule has 0 aliphatic carbocycles. The van der Waals surface area contributed by atoms with Gasteiger partial charge in [0.05, 0.1) is 0 Å². The molecule has 0 atom stereocenters. The van der Waals surface area contributed by atoms with Crippen LogP contribution < -0.4 is 16.0 Å². The third kappa shape index (κ3) is 8.45. The molecule has 44 heavy (non-hydrogen) atoms. The minimum atomic E-state index is -3.69. The lowest BCUT2D eigenvalue weighted by Crippen LogP contribution is -2.50. The maximum absolute atomic E-state index is 13.2. The number of aryl methyl sites for hydroxylation is 2. The summed E-state index contributed by atoms with van der Waals surface area (Å²) >= 11 is 0. The van der Waals surface area contributed by atoms with E-state index in [0.717, 1.165) is 54.6 Å². The fourth-order valence-electron chi connectivity index (χ4n) is 5.80. The third-order valence-electron chi connectivity index (χ3n) is 8.54. The van der Waals surface area contributed by atoms with E-state index in [1.54, 1.807) is 25.3 Å². The Labute approximate surface area is 262 Å². The largest absolute Gasteiger partial charge is 0.351 e. The molecule has 0 bridgehead atoms. The summed E-state index contributed by atoms with van der Waals surface area (Å²) in [5, 5.41) is 4.19. The van der Waals surface area contributed by atoms with Crippen molar-refractivity contribution < 1.29 is 18.0 Å². The number of amidine groups is 1. The number of amides is 3. The first-order chi connectivity index (χ1) is 21.0. The van der Waals surface area contributed by atoms with Gasteiger partial charge in [0.2, 0.25) is 10.0 Å². The molecule has 10 heteroatoms. The zero-order valence-electron chi connectivity index (χ0n) is 26.1. The fourth-order valence-corrected chi connectivity index (χ4v) is 6.97. The standard InChI is InChI=1S/C34H45N5O4S/c1-26-24-29(38(3)33(35)41)25-27(2)30(26)18-23-44(42,43)39-21-19-34(20-22-39)32(40)36-31(37-34)17-13-8-6-4-5-7-10-14-28-15-11-9-12-16-28/h9-12,14-16,18,23-25H,4-8,13,17,19-22H2,1-3H3,(H2,35,41)(H,36,37,40). The van der Waals surface area contributed by atoms with Crippen LogP contribution in [-0.4, -0.2) is 56.2 Å². The van der Waals surface area contributed by atoms with Crippen molar-refractivity contribution in [1.29, 1.82) is 0 Å². The molecule has 2 aromatic rings. The highest BCUT2D eigenvalue weighted by molar-refractivity contribution is 7.92. The van der Waals surface area contributed by atoms with Crippen LogP contribution in [0.25, 0.3) is 12.2 Å². The molecule has 1 saturated heterocycles. The lowest BCUT2D eigenvalue weighted by molar-refractivity contribution is -0.124. The molecule has 2 aliphatic rings. The van der Waals surface area contributed by atoms with Gasteiger partial charge in [-0.2, -0.15) is 4.31 Å². The number of aliphatic imine (C=N–C) groups is 1. The van der Waals surface area contributed by atoms with Crippen molar-refractivity contribution in [1.82, 2.24) is 9.62 Å². The predicted molar refractivity (Wildman–Crippen MR) is 179 cm³/mol. The van der Waals surface area contributed by atoms with Crippen molar-refractivity contribution in [2.24, 2.45) is 10.7 Å². The number of unbranched alkanes of at least 4 members (excludes halogenated alkanes) is 5. The van der Waals surface area contributed by atoms with Gasteiger partial charge in [-0.3, -0.25) is 14.7 Å². The van der Waals surface area contributed by atoms with E-state index in [0.29, 0.717) is 18.5 Å². The first kappa shape index (κ1) is 33.1. The van der Waals surface area contributed by atoms with Gasteiger partial charge in [0.15, 0.2) is 0 Å². The lowest BCUT2D eigenvalue weighted by Gasteiger charge is -2.34. The number of primary amides is 1. The number of nitrogens with zero attached hydrogens (tertiary/aromatic N) is 3. The Kier molecular flexibility index (Phi) is 11.2. The van der Waals surface area contributed by atoms with Crippen LogP contribution in [0, 0.1) is 13.8 Å². The van der Waals surface area contributed by atoms with Crippen LogP contribution in [0.4, 0.5) is 10.5 Å². The first-order valence-electron chi connectivity index (χ1n) is 15.5. The summed E-state index contributed by atoms with van der Waals surface area (Å²) in [5.74, 6) is 0.617. The van der Waals surface area contributed by atoms with Gasteiger partial charge in [-0.05, 0) is 86.4 Å². The molecule has 2 heterocycles. The van der Waals surface area contributed by atoms with Crippen molar-refractivity contribution >= 4 is 45.6 Å². The van der Waals surface area contributed by atoms with Crippen molar-refractivity contribution in [3.8, 4) is 0 Å². The molecule has 3 amide bonds. The number of urea groups is 1. The number of benzene rings is 2. The molecule has 0 saturated carbocycles. The molecular formula is C34H45N5O4S. The molecule has 4 rings (SSSR count). The second kappa shape index (κ2) is 14.8. The van der Waals surface area contributed by atoms with Crippen molar-refractivity contribution in [2.45, 2.75) is 77.2 Å². The molecule has 1 fully saturated rings. The Balaban J connectivity index is 1.22. The lowest BCUT2D eigenvalue weighted by atomic mass is 9.89. The summed E-state index contributed by atoms with van der Waals surface area (Å²) in [4.78, 5) is 30.6. The highest BCUT2D eigenvalue weighted by atomic mass is 32.2. The first-order valence-corrected chi connectivity index (χ1v) is 17.0. The smallest absolute Gasteiger partial charge is 0.318 e. The number of nitrogens with two attached hydrogens (primary N) is 1. The number of anilines is 1. The van der Waals surface area contributed by atoms with Gasteiger partial charge in [-0.1, -0.05) is 61.7 Å². The number of nitrogens with one attached hydrogen (secondary N) is 1. The highest BCUT2D eigenvalue weighted by Crippen LogP contribution is 2.32. The quantitative estimate of drug-likeness (QED) is 0.270. The SMILES string of the molecule is Cc1cc(N(C)C(N)=O)cc(C)c1C=CS(=O)(=O)N1CCC2(CC1)N=C(CCCCCCCC=Cc1ccccc1)NC2=O. The van der Waals surface area contributed by atoms with E-state index in [-0.39, 0.29) is 19.0 Å². The van der Waals surface area contributed by atoms with Gasteiger partial charge in [-0.25, -0.2) is 13.2 Å². The van der Waals surface area contributed by atoms with Gasteiger partial charge >= 0.3 is 6.03 Å². The molecule has 0 radical (unpaired) electrons. The minimum Gasteiger partial charge on any atom is -0.351 e. The van der Waals surface area contributed by atoms with Crippen molar-refractivity contribution in [2.75, 3.05) is 25.0 Å². The summed E-state index contributed by atoms with van der Waals surface area (Å²) < 4.78 is 27.8. The zero-order chi connectivity index (χ0) is 31.7.